The van der Waals surface area contributed by atoms with Gasteiger partial charge in [0.2, 0.25) is 0 Å². The van der Waals surface area contributed by atoms with E-state index in [9.17, 15) is 9.90 Å². The lowest BCUT2D eigenvalue weighted by Crippen LogP contribution is -2.59. The molecule has 0 aliphatic heterocycles. The van der Waals surface area contributed by atoms with Crippen LogP contribution < -0.4 is 5.32 Å². The van der Waals surface area contributed by atoms with Crippen molar-refractivity contribution in [1.82, 2.24) is 5.32 Å². The van der Waals surface area contributed by atoms with E-state index >= 15 is 0 Å². The maximum atomic E-state index is 11.6. The number of benzene rings is 1. The third kappa shape index (κ3) is 3.01. The topological polar surface area (TPSA) is 58.6 Å². The molecule has 18 heavy (non-hydrogen) atoms. The normalized spacial score (nSPS) is 26.2. The molecule has 0 aromatic heterocycles. The summed E-state index contributed by atoms with van der Waals surface area (Å²) in [7, 11) is 0. The fourth-order valence-electron chi connectivity index (χ4n) is 2.52. The van der Waals surface area contributed by atoms with Crippen LogP contribution in [-0.4, -0.2) is 23.3 Å². The first-order valence-electron chi connectivity index (χ1n) is 6.23. The van der Waals surface area contributed by atoms with Crippen LogP contribution in [0.3, 0.4) is 0 Å². The molecule has 1 fully saturated rings. The van der Waals surface area contributed by atoms with E-state index in [1.807, 2.05) is 30.3 Å². The quantitative estimate of drug-likeness (QED) is 0.859. The summed E-state index contributed by atoms with van der Waals surface area (Å²) < 4.78 is 5.14. The summed E-state index contributed by atoms with van der Waals surface area (Å²) in [6.07, 6.45) is 1.16. The Labute approximate surface area is 107 Å². The highest BCUT2D eigenvalue weighted by Gasteiger charge is 2.43. The Balaban J connectivity index is 1.79. The minimum absolute atomic E-state index is 0.0300. The molecule has 0 spiro atoms. The number of hydrogen-bond donors (Lipinski definition) is 2. The van der Waals surface area contributed by atoms with Gasteiger partial charge in [0, 0.05) is 0 Å². The smallest absolute Gasteiger partial charge is 0.407 e. The Hall–Kier alpha value is -1.55. The highest BCUT2D eigenvalue weighted by atomic mass is 16.5. The predicted molar refractivity (Wildman–Crippen MR) is 68.0 cm³/mol. The van der Waals surface area contributed by atoms with Gasteiger partial charge in [-0.25, -0.2) is 4.79 Å². The molecule has 1 aromatic rings. The largest absolute Gasteiger partial charge is 0.445 e. The number of aliphatic hydroxyl groups is 1. The van der Waals surface area contributed by atoms with Gasteiger partial charge in [0.1, 0.15) is 6.61 Å². The maximum absolute atomic E-state index is 11.6. The lowest BCUT2D eigenvalue weighted by atomic mass is 9.70. The average molecular weight is 249 g/mol. The minimum atomic E-state index is -0.465. The van der Waals surface area contributed by atoms with E-state index < -0.39 is 11.6 Å². The summed E-state index contributed by atoms with van der Waals surface area (Å²) in [6.45, 7) is 2.33. The third-order valence-corrected chi connectivity index (χ3v) is 3.36. The molecule has 1 aliphatic rings. The molecular weight excluding hydrogens is 230 g/mol. The molecule has 1 amide bonds. The van der Waals surface area contributed by atoms with Crippen LogP contribution in [0.15, 0.2) is 30.3 Å². The van der Waals surface area contributed by atoms with Gasteiger partial charge in [0.05, 0.1) is 12.1 Å². The standard InChI is InChI=1S/C14H19NO3/c1-11-7-14(8-11,10-16)15-13(17)18-9-12-5-3-2-4-6-12/h2-6,11,16H,7-10H2,1H3,(H,15,17). The molecule has 1 aromatic carbocycles. The summed E-state index contributed by atoms with van der Waals surface area (Å²) in [5.41, 5.74) is 0.486. The number of amides is 1. The zero-order chi connectivity index (χ0) is 13.0. The summed E-state index contributed by atoms with van der Waals surface area (Å²) in [5.74, 6) is 0.548. The van der Waals surface area contributed by atoms with Crippen LogP contribution in [0.1, 0.15) is 25.3 Å². The first-order chi connectivity index (χ1) is 8.63. The zero-order valence-electron chi connectivity index (χ0n) is 10.6. The van der Waals surface area contributed by atoms with Crippen molar-refractivity contribution in [2.24, 2.45) is 5.92 Å². The van der Waals surface area contributed by atoms with Gasteiger partial charge >= 0.3 is 6.09 Å². The van der Waals surface area contributed by atoms with Crippen LogP contribution in [0.4, 0.5) is 4.79 Å². The van der Waals surface area contributed by atoms with Crippen LogP contribution in [-0.2, 0) is 11.3 Å². The molecule has 0 bridgehead atoms. The first kappa shape index (κ1) is 12.9. The van der Waals surface area contributed by atoms with Crippen molar-refractivity contribution in [2.45, 2.75) is 31.9 Å². The summed E-state index contributed by atoms with van der Waals surface area (Å²) in [5, 5.41) is 12.1. The molecule has 1 aliphatic carbocycles. The Kier molecular flexibility index (Phi) is 3.87. The maximum Gasteiger partial charge on any atom is 0.407 e. The monoisotopic (exact) mass is 249 g/mol. The molecule has 0 radical (unpaired) electrons. The molecule has 0 saturated heterocycles. The minimum Gasteiger partial charge on any atom is -0.445 e. The number of nitrogens with one attached hydrogen (secondary N) is 1. The number of aliphatic hydroxyl groups excluding tert-OH is 1. The molecular formula is C14H19NO3. The SMILES string of the molecule is CC1CC(CO)(NC(=O)OCc2ccccc2)C1. The summed E-state index contributed by atoms with van der Waals surface area (Å²) in [4.78, 5) is 11.6. The molecule has 2 rings (SSSR count). The Morgan fingerprint density at radius 3 is 2.67 bits per heavy atom. The predicted octanol–water partition coefficient (Wildman–Crippen LogP) is 2.07. The molecule has 4 heteroatoms. The van der Waals surface area contributed by atoms with E-state index in [0.717, 1.165) is 18.4 Å². The number of rotatable bonds is 4. The second kappa shape index (κ2) is 5.40. The summed E-state index contributed by atoms with van der Waals surface area (Å²) in [6, 6.07) is 9.53. The van der Waals surface area contributed by atoms with Crippen LogP contribution in [0.5, 0.6) is 0 Å². The van der Waals surface area contributed by atoms with Gasteiger partial charge in [-0.15, -0.1) is 0 Å². The molecule has 4 nitrogen and oxygen atoms in total. The second-order valence-corrected chi connectivity index (χ2v) is 5.14. The average Bonchev–Trinajstić information content (AvgIpc) is 2.35. The van der Waals surface area contributed by atoms with E-state index in [0.29, 0.717) is 5.92 Å². The van der Waals surface area contributed by atoms with Crippen molar-refractivity contribution in [1.29, 1.82) is 0 Å². The first-order valence-corrected chi connectivity index (χ1v) is 6.23. The highest BCUT2D eigenvalue weighted by molar-refractivity contribution is 5.68. The third-order valence-electron chi connectivity index (χ3n) is 3.36. The number of alkyl carbamates (subject to hydrolysis) is 1. The second-order valence-electron chi connectivity index (χ2n) is 5.14. The lowest BCUT2D eigenvalue weighted by molar-refractivity contribution is 0.0388. The molecule has 98 valence electrons. The fourth-order valence-corrected chi connectivity index (χ4v) is 2.52. The van der Waals surface area contributed by atoms with Crippen LogP contribution in [0.2, 0.25) is 0 Å². The molecule has 0 heterocycles. The van der Waals surface area contributed by atoms with Crippen LogP contribution in [0, 0.1) is 5.92 Å². The van der Waals surface area contributed by atoms with Crippen molar-refractivity contribution in [3.05, 3.63) is 35.9 Å². The van der Waals surface area contributed by atoms with Gasteiger partial charge in [0.15, 0.2) is 0 Å². The van der Waals surface area contributed by atoms with E-state index in [2.05, 4.69) is 12.2 Å². The Bertz CT molecular complexity index is 399. The van der Waals surface area contributed by atoms with Crippen molar-refractivity contribution >= 4 is 6.09 Å². The highest BCUT2D eigenvalue weighted by Crippen LogP contribution is 2.37. The van der Waals surface area contributed by atoms with Gasteiger partial charge in [-0.3, -0.25) is 0 Å². The number of carbonyl (C=O) groups excluding carboxylic acids is 1. The van der Waals surface area contributed by atoms with E-state index in [-0.39, 0.29) is 13.2 Å². The number of ether oxygens (including phenoxy) is 1. The molecule has 0 unspecified atom stereocenters. The molecule has 1 saturated carbocycles. The molecule has 2 N–H and O–H groups in total. The van der Waals surface area contributed by atoms with Crippen LogP contribution in [0.25, 0.3) is 0 Å². The van der Waals surface area contributed by atoms with Crippen molar-refractivity contribution < 1.29 is 14.6 Å². The fraction of sp³-hybridized carbons (Fsp3) is 0.500. The Morgan fingerprint density at radius 2 is 2.11 bits per heavy atom. The van der Waals surface area contributed by atoms with Gasteiger partial charge in [-0.05, 0) is 24.3 Å². The summed E-state index contributed by atoms with van der Waals surface area (Å²) >= 11 is 0. The number of carbonyl (C=O) groups is 1. The van der Waals surface area contributed by atoms with E-state index in [1.165, 1.54) is 0 Å². The van der Waals surface area contributed by atoms with Gasteiger partial charge in [0.25, 0.3) is 0 Å². The van der Waals surface area contributed by atoms with E-state index in [1.54, 1.807) is 0 Å². The van der Waals surface area contributed by atoms with Gasteiger partial charge < -0.3 is 15.2 Å². The lowest BCUT2D eigenvalue weighted by Gasteiger charge is -2.45. The Morgan fingerprint density at radius 1 is 1.44 bits per heavy atom. The van der Waals surface area contributed by atoms with Crippen LogP contribution >= 0.6 is 0 Å². The van der Waals surface area contributed by atoms with E-state index in [4.69, 9.17) is 4.74 Å². The van der Waals surface area contributed by atoms with Gasteiger partial charge in [-0.1, -0.05) is 37.3 Å². The van der Waals surface area contributed by atoms with Crippen molar-refractivity contribution in [3.63, 3.8) is 0 Å². The van der Waals surface area contributed by atoms with Crippen molar-refractivity contribution in [2.75, 3.05) is 6.61 Å². The molecule has 0 atom stereocenters. The zero-order valence-corrected chi connectivity index (χ0v) is 10.6. The van der Waals surface area contributed by atoms with Crippen molar-refractivity contribution in [3.8, 4) is 0 Å². The van der Waals surface area contributed by atoms with Gasteiger partial charge in [-0.2, -0.15) is 0 Å². The number of hydrogen-bond acceptors (Lipinski definition) is 3.